The largest absolute Gasteiger partial charge is 0.323 e. The summed E-state index contributed by atoms with van der Waals surface area (Å²) in [7, 11) is 0. The maximum atomic E-state index is 6.31. The first-order chi connectivity index (χ1) is 8.60. The van der Waals surface area contributed by atoms with E-state index < -0.39 is 0 Å². The molecule has 1 unspecified atom stereocenters. The molecule has 0 spiro atoms. The van der Waals surface area contributed by atoms with Gasteiger partial charge in [-0.2, -0.15) is 0 Å². The highest BCUT2D eigenvalue weighted by Crippen LogP contribution is 2.32. The fourth-order valence-corrected chi connectivity index (χ4v) is 2.80. The van der Waals surface area contributed by atoms with Crippen LogP contribution < -0.4 is 0 Å². The highest BCUT2D eigenvalue weighted by atomic mass is 35.5. The average molecular weight is 265 g/mol. The number of alkyl halides is 1. The number of aryl methyl sites for hydroxylation is 1. The highest BCUT2D eigenvalue weighted by molar-refractivity contribution is 6.20. The number of benzene rings is 1. The van der Waals surface area contributed by atoms with Crippen molar-refractivity contribution >= 4 is 22.6 Å². The Hall–Kier alpha value is -1.02. The second-order valence-corrected chi connectivity index (χ2v) is 5.52. The zero-order valence-electron chi connectivity index (χ0n) is 11.6. The Morgan fingerprint density at radius 2 is 1.94 bits per heavy atom. The predicted octanol–water partition coefficient (Wildman–Crippen LogP) is 5.01. The quantitative estimate of drug-likeness (QED) is 0.710. The molecule has 18 heavy (non-hydrogen) atoms. The number of nitrogens with zero attached hydrogens (tertiary/aromatic N) is 2. The zero-order chi connectivity index (χ0) is 13.3. The summed E-state index contributed by atoms with van der Waals surface area (Å²) < 4.78 is 2.35. The molecule has 2 aromatic rings. The molecule has 1 aromatic carbocycles. The molecular formula is C15H21ClN2. The van der Waals surface area contributed by atoms with Gasteiger partial charge in [0.05, 0.1) is 16.4 Å². The Kier molecular flexibility index (Phi) is 3.96. The monoisotopic (exact) mass is 264 g/mol. The van der Waals surface area contributed by atoms with Crippen molar-refractivity contribution in [2.45, 2.75) is 52.0 Å². The van der Waals surface area contributed by atoms with E-state index >= 15 is 0 Å². The van der Waals surface area contributed by atoms with Crippen molar-refractivity contribution in [2.24, 2.45) is 0 Å². The molecule has 1 heterocycles. The third-order valence-electron chi connectivity index (χ3n) is 3.60. The van der Waals surface area contributed by atoms with Gasteiger partial charge in [0.1, 0.15) is 5.82 Å². The molecule has 0 amide bonds. The minimum Gasteiger partial charge on any atom is -0.323 e. The van der Waals surface area contributed by atoms with Gasteiger partial charge in [-0.05, 0) is 38.3 Å². The molecule has 98 valence electrons. The van der Waals surface area contributed by atoms with E-state index in [-0.39, 0.29) is 5.38 Å². The summed E-state index contributed by atoms with van der Waals surface area (Å²) in [6.45, 7) is 8.59. The van der Waals surface area contributed by atoms with Crippen molar-refractivity contribution in [3.8, 4) is 0 Å². The number of fused-ring (bicyclic) bond motifs is 1. The summed E-state index contributed by atoms with van der Waals surface area (Å²) in [4.78, 5) is 4.72. The van der Waals surface area contributed by atoms with E-state index in [1.165, 1.54) is 11.1 Å². The minimum atomic E-state index is -0.0580. The van der Waals surface area contributed by atoms with Crippen LogP contribution >= 0.6 is 11.6 Å². The molecule has 3 heteroatoms. The SMILES string of the molecule is CCC(CC)n1c(C(C)Cl)nc2cccc(C)c21. The van der Waals surface area contributed by atoms with Gasteiger partial charge in [0.2, 0.25) is 0 Å². The third-order valence-corrected chi connectivity index (χ3v) is 3.80. The van der Waals surface area contributed by atoms with Crippen LogP contribution in [0.1, 0.15) is 56.4 Å². The van der Waals surface area contributed by atoms with E-state index in [0.717, 1.165) is 24.2 Å². The van der Waals surface area contributed by atoms with Crippen LogP contribution in [0, 0.1) is 6.92 Å². The highest BCUT2D eigenvalue weighted by Gasteiger charge is 2.20. The Morgan fingerprint density at radius 1 is 1.28 bits per heavy atom. The summed E-state index contributed by atoms with van der Waals surface area (Å²) in [5.74, 6) is 0.995. The van der Waals surface area contributed by atoms with Crippen molar-refractivity contribution in [2.75, 3.05) is 0 Å². The Morgan fingerprint density at radius 3 is 2.50 bits per heavy atom. The number of hydrogen-bond acceptors (Lipinski definition) is 1. The van der Waals surface area contributed by atoms with Gasteiger partial charge >= 0.3 is 0 Å². The van der Waals surface area contributed by atoms with Gasteiger partial charge in [-0.25, -0.2) is 4.98 Å². The van der Waals surface area contributed by atoms with Crippen molar-refractivity contribution in [1.82, 2.24) is 9.55 Å². The van der Waals surface area contributed by atoms with Crippen molar-refractivity contribution in [3.05, 3.63) is 29.6 Å². The Balaban J connectivity index is 2.76. The maximum absolute atomic E-state index is 6.31. The Labute approximate surface area is 114 Å². The fraction of sp³-hybridized carbons (Fsp3) is 0.533. The fourth-order valence-electron chi connectivity index (χ4n) is 2.64. The van der Waals surface area contributed by atoms with Crippen LogP contribution in [0.15, 0.2) is 18.2 Å². The molecule has 0 fully saturated rings. The molecule has 0 N–H and O–H groups in total. The number of imidazole rings is 1. The van der Waals surface area contributed by atoms with Crippen LogP contribution in [0.4, 0.5) is 0 Å². The van der Waals surface area contributed by atoms with Crippen LogP contribution in [-0.4, -0.2) is 9.55 Å². The standard InChI is InChI=1S/C15H21ClN2/c1-5-12(6-2)18-14-10(3)8-7-9-13(14)17-15(18)11(4)16/h7-9,11-12H,5-6H2,1-4H3. The number of halogens is 1. The summed E-state index contributed by atoms with van der Waals surface area (Å²) in [5.41, 5.74) is 3.58. The van der Waals surface area contributed by atoms with Gasteiger partial charge in [-0.15, -0.1) is 11.6 Å². The van der Waals surface area contributed by atoms with Crippen LogP contribution in [0.5, 0.6) is 0 Å². The van der Waals surface area contributed by atoms with Crippen LogP contribution in [0.2, 0.25) is 0 Å². The first-order valence-corrected chi connectivity index (χ1v) is 7.15. The number of hydrogen-bond donors (Lipinski definition) is 0. The molecule has 0 saturated heterocycles. The molecule has 0 saturated carbocycles. The smallest absolute Gasteiger partial charge is 0.127 e. The van der Waals surface area contributed by atoms with Gasteiger partial charge in [0, 0.05) is 6.04 Å². The van der Waals surface area contributed by atoms with E-state index in [1.807, 2.05) is 6.92 Å². The summed E-state index contributed by atoms with van der Waals surface area (Å²) in [6.07, 6.45) is 2.21. The van der Waals surface area contributed by atoms with E-state index in [1.54, 1.807) is 0 Å². The van der Waals surface area contributed by atoms with Gasteiger partial charge in [-0.3, -0.25) is 0 Å². The summed E-state index contributed by atoms with van der Waals surface area (Å²) in [5, 5.41) is -0.0580. The molecule has 0 bridgehead atoms. The second kappa shape index (κ2) is 5.31. The molecule has 2 nitrogen and oxygen atoms in total. The lowest BCUT2D eigenvalue weighted by Crippen LogP contribution is -2.12. The van der Waals surface area contributed by atoms with Crippen molar-refractivity contribution < 1.29 is 0 Å². The van der Waals surface area contributed by atoms with Gasteiger partial charge in [0.15, 0.2) is 0 Å². The van der Waals surface area contributed by atoms with Gasteiger partial charge in [0.25, 0.3) is 0 Å². The average Bonchev–Trinajstić information content (AvgIpc) is 2.72. The molecule has 0 aliphatic heterocycles. The minimum absolute atomic E-state index is 0.0580. The number of rotatable bonds is 4. The van der Waals surface area contributed by atoms with E-state index in [4.69, 9.17) is 16.6 Å². The molecule has 1 atom stereocenters. The first-order valence-electron chi connectivity index (χ1n) is 6.71. The zero-order valence-corrected chi connectivity index (χ0v) is 12.3. The van der Waals surface area contributed by atoms with E-state index in [2.05, 4.69) is 43.5 Å². The van der Waals surface area contributed by atoms with E-state index in [0.29, 0.717) is 6.04 Å². The molecule has 0 aliphatic rings. The topological polar surface area (TPSA) is 17.8 Å². The van der Waals surface area contributed by atoms with Crippen LogP contribution in [0.3, 0.4) is 0 Å². The first kappa shape index (κ1) is 13.4. The number of aromatic nitrogens is 2. The van der Waals surface area contributed by atoms with Crippen molar-refractivity contribution in [1.29, 1.82) is 0 Å². The van der Waals surface area contributed by atoms with Gasteiger partial charge < -0.3 is 4.57 Å². The summed E-state index contributed by atoms with van der Waals surface area (Å²) >= 11 is 6.31. The Bertz CT molecular complexity index is 539. The summed E-state index contributed by atoms with van der Waals surface area (Å²) in [6, 6.07) is 6.76. The molecule has 0 aliphatic carbocycles. The lowest BCUT2D eigenvalue weighted by Gasteiger charge is -2.20. The van der Waals surface area contributed by atoms with Crippen LogP contribution in [0.25, 0.3) is 11.0 Å². The third kappa shape index (κ3) is 2.14. The molecule has 0 radical (unpaired) electrons. The molecule has 1 aromatic heterocycles. The lowest BCUT2D eigenvalue weighted by atomic mass is 10.1. The van der Waals surface area contributed by atoms with E-state index in [9.17, 15) is 0 Å². The number of para-hydroxylation sites is 1. The lowest BCUT2D eigenvalue weighted by molar-refractivity contribution is 0.466. The normalized spacial score (nSPS) is 13.4. The second-order valence-electron chi connectivity index (χ2n) is 4.87. The van der Waals surface area contributed by atoms with Crippen LogP contribution in [-0.2, 0) is 0 Å². The molecular weight excluding hydrogens is 244 g/mol. The predicted molar refractivity (Wildman–Crippen MR) is 78.4 cm³/mol. The molecule has 2 rings (SSSR count). The van der Waals surface area contributed by atoms with Crippen molar-refractivity contribution in [3.63, 3.8) is 0 Å². The van der Waals surface area contributed by atoms with Gasteiger partial charge in [-0.1, -0.05) is 26.0 Å². The maximum Gasteiger partial charge on any atom is 0.127 e.